The Morgan fingerprint density at radius 3 is 2.65 bits per heavy atom. The first-order chi connectivity index (χ1) is 9.71. The fourth-order valence-electron chi connectivity index (χ4n) is 2.68. The Hall–Kier alpha value is -1.32. The van der Waals surface area contributed by atoms with E-state index >= 15 is 0 Å². The monoisotopic (exact) mass is 275 g/mol. The van der Waals surface area contributed by atoms with E-state index in [4.69, 9.17) is 9.15 Å². The molecule has 0 aliphatic heterocycles. The molecular formula is C17H25NO2. The predicted molar refractivity (Wildman–Crippen MR) is 83.1 cm³/mol. The van der Waals surface area contributed by atoms with Gasteiger partial charge in [0.05, 0.1) is 12.1 Å². The number of likely N-dealkylation sites (N-methyl/N-ethyl adjacent to an activating group) is 1. The van der Waals surface area contributed by atoms with Crippen molar-refractivity contribution in [1.82, 2.24) is 5.32 Å². The van der Waals surface area contributed by atoms with Crippen molar-refractivity contribution in [2.45, 2.75) is 46.3 Å². The van der Waals surface area contributed by atoms with E-state index in [9.17, 15) is 0 Å². The lowest BCUT2D eigenvalue weighted by Gasteiger charge is -2.25. The highest BCUT2D eigenvalue weighted by atomic mass is 16.5. The number of fused-ring (bicyclic) bond motifs is 1. The van der Waals surface area contributed by atoms with Crippen LogP contribution >= 0.6 is 0 Å². The van der Waals surface area contributed by atoms with E-state index in [1.165, 1.54) is 5.56 Å². The SMILES string of the molecule is CCNC(c1cc2cccc(C)c2o1)C(CC)OCC. The molecule has 0 aliphatic carbocycles. The van der Waals surface area contributed by atoms with Gasteiger partial charge in [0.1, 0.15) is 11.3 Å². The summed E-state index contributed by atoms with van der Waals surface area (Å²) in [6.07, 6.45) is 1.10. The number of para-hydroxylation sites is 1. The van der Waals surface area contributed by atoms with Crippen molar-refractivity contribution in [2.24, 2.45) is 0 Å². The van der Waals surface area contributed by atoms with Gasteiger partial charge in [-0.15, -0.1) is 0 Å². The van der Waals surface area contributed by atoms with Crippen LogP contribution in [0.5, 0.6) is 0 Å². The highest BCUT2D eigenvalue weighted by molar-refractivity contribution is 5.81. The van der Waals surface area contributed by atoms with Crippen LogP contribution in [0, 0.1) is 6.92 Å². The van der Waals surface area contributed by atoms with Gasteiger partial charge in [0, 0.05) is 12.0 Å². The fraction of sp³-hybridized carbons (Fsp3) is 0.529. The van der Waals surface area contributed by atoms with Crippen molar-refractivity contribution in [3.05, 3.63) is 35.6 Å². The number of furan rings is 1. The molecule has 0 fully saturated rings. The maximum atomic E-state index is 6.10. The predicted octanol–water partition coefficient (Wildman–Crippen LogP) is 4.21. The summed E-state index contributed by atoms with van der Waals surface area (Å²) in [6, 6.07) is 8.49. The Labute approximate surface area is 121 Å². The molecular weight excluding hydrogens is 250 g/mol. The molecule has 0 radical (unpaired) electrons. The molecule has 0 spiro atoms. The Kier molecular flexibility index (Phi) is 5.21. The minimum atomic E-state index is 0.108. The van der Waals surface area contributed by atoms with Crippen LogP contribution in [0.1, 0.15) is 44.6 Å². The largest absolute Gasteiger partial charge is 0.459 e. The van der Waals surface area contributed by atoms with Crippen molar-refractivity contribution in [1.29, 1.82) is 0 Å². The summed E-state index contributed by atoms with van der Waals surface area (Å²) in [5.74, 6) is 0.969. The standard InChI is InChI=1S/C17H25NO2/c1-5-14(19-7-3)16(18-6-2)15-11-13-10-8-9-12(4)17(13)20-15/h8-11,14,16,18H,5-7H2,1-4H3. The van der Waals surface area contributed by atoms with E-state index in [-0.39, 0.29) is 12.1 Å². The molecule has 3 nitrogen and oxygen atoms in total. The molecule has 2 aromatic rings. The van der Waals surface area contributed by atoms with E-state index in [0.717, 1.165) is 36.3 Å². The molecule has 1 aromatic heterocycles. The van der Waals surface area contributed by atoms with Gasteiger partial charge in [0.25, 0.3) is 0 Å². The molecule has 0 saturated heterocycles. The minimum absolute atomic E-state index is 0.108. The van der Waals surface area contributed by atoms with Gasteiger partial charge in [-0.25, -0.2) is 0 Å². The first-order valence-corrected chi connectivity index (χ1v) is 7.55. The van der Waals surface area contributed by atoms with Gasteiger partial charge in [-0.2, -0.15) is 0 Å². The fourth-order valence-corrected chi connectivity index (χ4v) is 2.68. The second kappa shape index (κ2) is 6.91. The van der Waals surface area contributed by atoms with Gasteiger partial charge in [-0.3, -0.25) is 0 Å². The average molecular weight is 275 g/mol. The van der Waals surface area contributed by atoms with Crippen LogP contribution in [0.3, 0.4) is 0 Å². The number of ether oxygens (including phenoxy) is 1. The maximum absolute atomic E-state index is 6.10. The van der Waals surface area contributed by atoms with Gasteiger partial charge in [0.2, 0.25) is 0 Å². The summed E-state index contributed by atoms with van der Waals surface area (Å²) in [7, 11) is 0. The van der Waals surface area contributed by atoms with E-state index in [1.54, 1.807) is 0 Å². The smallest absolute Gasteiger partial charge is 0.137 e. The van der Waals surface area contributed by atoms with Gasteiger partial charge in [-0.05, 0) is 38.4 Å². The molecule has 0 amide bonds. The third kappa shape index (κ3) is 3.05. The highest BCUT2D eigenvalue weighted by Crippen LogP contribution is 2.29. The summed E-state index contributed by atoms with van der Waals surface area (Å²) in [5.41, 5.74) is 2.16. The van der Waals surface area contributed by atoms with E-state index in [2.05, 4.69) is 50.4 Å². The number of rotatable bonds is 7. The maximum Gasteiger partial charge on any atom is 0.137 e. The third-order valence-electron chi connectivity index (χ3n) is 3.65. The average Bonchev–Trinajstić information content (AvgIpc) is 2.88. The lowest BCUT2D eigenvalue weighted by Crippen LogP contribution is -2.33. The van der Waals surface area contributed by atoms with Crippen molar-refractivity contribution in [3.8, 4) is 0 Å². The van der Waals surface area contributed by atoms with Crippen LogP contribution in [0.2, 0.25) is 0 Å². The third-order valence-corrected chi connectivity index (χ3v) is 3.65. The summed E-state index contributed by atoms with van der Waals surface area (Å²) in [4.78, 5) is 0. The molecule has 1 heterocycles. The summed E-state index contributed by atoms with van der Waals surface area (Å²) >= 11 is 0. The molecule has 1 aromatic carbocycles. The minimum Gasteiger partial charge on any atom is -0.459 e. The zero-order valence-corrected chi connectivity index (χ0v) is 12.9. The summed E-state index contributed by atoms with van der Waals surface area (Å²) in [5, 5.41) is 4.66. The van der Waals surface area contributed by atoms with E-state index < -0.39 is 0 Å². The lowest BCUT2D eigenvalue weighted by atomic mass is 10.1. The number of aryl methyl sites for hydroxylation is 1. The second-order valence-electron chi connectivity index (χ2n) is 5.08. The molecule has 1 N–H and O–H groups in total. The first kappa shape index (κ1) is 15.1. The van der Waals surface area contributed by atoms with Gasteiger partial charge in [-0.1, -0.05) is 32.0 Å². The van der Waals surface area contributed by atoms with E-state index in [0.29, 0.717) is 0 Å². The molecule has 0 saturated carbocycles. The Morgan fingerprint density at radius 2 is 2.05 bits per heavy atom. The van der Waals surface area contributed by atoms with Gasteiger partial charge >= 0.3 is 0 Å². The number of benzene rings is 1. The number of nitrogens with one attached hydrogen (secondary N) is 1. The van der Waals surface area contributed by atoms with Crippen molar-refractivity contribution < 1.29 is 9.15 Å². The molecule has 0 aliphatic rings. The van der Waals surface area contributed by atoms with Crippen LogP contribution < -0.4 is 5.32 Å². The first-order valence-electron chi connectivity index (χ1n) is 7.55. The number of hydrogen-bond acceptors (Lipinski definition) is 3. The van der Waals surface area contributed by atoms with Gasteiger partial charge in [0.15, 0.2) is 0 Å². The topological polar surface area (TPSA) is 34.4 Å². The molecule has 2 atom stereocenters. The molecule has 0 bridgehead atoms. The number of hydrogen-bond donors (Lipinski definition) is 1. The zero-order chi connectivity index (χ0) is 14.5. The van der Waals surface area contributed by atoms with Crippen molar-refractivity contribution in [2.75, 3.05) is 13.2 Å². The zero-order valence-electron chi connectivity index (χ0n) is 12.9. The van der Waals surface area contributed by atoms with Crippen LogP contribution in [0.4, 0.5) is 0 Å². The van der Waals surface area contributed by atoms with Crippen LogP contribution in [0.25, 0.3) is 11.0 Å². The normalized spacial score (nSPS) is 14.6. The molecule has 2 rings (SSSR count). The Bertz CT molecular complexity index is 547. The van der Waals surface area contributed by atoms with Gasteiger partial charge < -0.3 is 14.5 Å². The highest BCUT2D eigenvalue weighted by Gasteiger charge is 2.25. The molecule has 2 unspecified atom stereocenters. The van der Waals surface area contributed by atoms with Crippen LogP contribution in [-0.4, -0.2) is 19.3 Å². The van der Waals surface area contributed by atoms with Crippen LogP contribution in [0.15, 0.2) is 28.7 Å². The van der Waals surface area contributed by atoms with Crippen molar-refractivity contribution in [3.63, 3.8) is 0 Å². The second-order valence-corrected chi connectivity index (χ2v) is 5.08. The summed E-state index contributed by atoms with van der Waals surface area (Å²) in [6.45, 7) is 9.99. The lowest BCUT2D eigenvalue weighted by molar-refractivity contribution is 0.0266. The quantitative estimate of drug-likeness (QED) is 0.822. The molecule has 110 valence electrons. The Balaban J connectivity index is 2.37. The Morgan fingerprint density at radius 1 is 1.25 bits per heavy atom. The molecule has 20 heavy (non-hydrogen) atoms. The van der Waals surface area contributed by atoms with Crippen LogP contribution in [-0.2, 0) is 4.74 Å². The van der Waals surface area contributed by atoms with Crippen molar-refractivity contribution >= 4 is 11.0 Å². The summed E-state index contributed by atoms with van der Waals surface area (Å²) < 4.78 is 12.0. The van der Waals surface area contributed by atoms with E-state index in [1.807, 2.05) is 6.92 Å². The molecule has 3 heteroatoms.